The molecule has 0 saturated carbocycles. The van der Waals surface area contributed by atoms with Crippen molar-refractivity contribution in [2.45, 2.75) is 0 Å². The molecule has 0 aromatic carbocycles. The number of hydrogen-bond acceptors (Lipinski definition) is 4. The zero-order valence-electron chi connectivity index (χ0n) is 9.80. The topological polar surface area (TPSA) is 92.2 Å². The molecule has 102 valence electrons. The summed E-state index contributed by atoms with van der Waals surface area (Å²) in [6.07, 6.45) is 2.76. The van der Waals surface area contributed by atoms with Gasteiger partial charge < -0.3 is 10.4 Å². The maximum atomic E-state index is 12.0. The van der Waals surface area contributed by atoms with Crippen molar-refractivity contribution in [3.05, 3.63) is 51.5 Å². The molecule has 0 bridgehead atoms. The summed E-state index contributed by atoms with van der Waals surface area (Å²) in [6, 6.07) is 4.24. The van der Waals surface area contributed by atoms with Crippen LogP contribution >= 0.6 is 27.5 Å². The normalized spacial score (nSPS) is 10.1. The van der Waals surface area contributed by atoms with Crippen molar-refractivity contribution in [1.29, 1.82) is 0 Å². The Morgan fingerprint density at radius 3 is 2.75 bits per heavy atom. The number of aromatic nitrogens is 2. The lowest BCUT2D eigenvalue weighted by Crippen LogP contribution is -2.14. The summed E-state index contributed by atoms with van der Waals surface area (Å²) in [7, 11) is 0. The van der Waals surface area contributed by atoms with Gasteiger partial charge in [0.25, 0.3) is 5.91 Å². The van der Waals surface area contributed by atoms with Gasteiger partial charge in [0.2, 0.25) is 0 Å². The average Bonchev–Trinajstić information content (AvgIpc) is 2.41. The second-order valence-corrected chi connectivity index (χ2v) is 4.95. The van der Waals surface area contributed by atoms with E-state index in [-0.39, 0.29) is 16.4 Å². The fourth-order valence-electron chi connectivity index (χ4n) is 1.41. The van der Waals surface area contributed by atoms with Crippen molar-refractivity contribution < 1.29 is 14.7 Å². The number of hydrogen-bond donors (Lipinski definition) is 2. The summed E-state index contributed by atoms with van der Waals surface area (Å²) in [5, 5.41) is 11.4. The number of nitrogens with one attached hydrogen (secondary N) is 1. The number of nitrogens with zero attached hydrogens (tertiary/aromatic N) is 2. The monoisotopic (exact) mass is 355 g/mol. The van der Waals surface area contributed by atoms with Crippen LogP contribution in [0.25, 0.3) is 0 Å². The number of carbonyl (C=O) groups is 2. The lowest BCUT2D eigenvalue weighted by Gasteiger charge is -2.07. The number of carbonyl (C=O) groups excluding carboxylic acids is 1. The number of carboxylic acid groups (broad SMARTS) is 1. The predicted molar refractivity (Wildman–Crippen MR) is 76.1 cm³/mol. The quantitative estimate of drug-likeness (QED) is 0.825. The van der Waals surface area contributed by atoms with Gasteiger partial charge in [-0.05, 0) is 34.1 Å². The van der Waals surface area contributed by atoms with Crippen LogP contribution < -0.4 is 5.32 Å². The number of rotatable bonds is 3. The van der Waals surface area contributed by atoms with E-state index in [1.54, 1.807) is 0 Å². The number of halogens is 2. The molecule has 2 aromatic heterocycles. The van der Waals surface area contributed by atoms with Gasteiger partial charge in [-0.25, -0.2) is 14.8 Å². The van der Waals surface area contributed by atoms with Crippen LogP contribution in [-0.4, -0.2) is 27.0 Å². The van der Waals surface area contributed by atoms with Gasteiger partial charge in [-0.1, -0.05) is 11.6 Å². The third-order valence-corrected chi connectivity index (χ3v) is 3.02. The summed E-state index contributed by atoms with van der Waals surface area (Å²) in [5.74, 6) is -1.67. The first-order valence-corrected chi connectivity index (χ1v) is 6.46. The Kier molecular flexibility index (Phi) is 4.31. The summed E-state index contributed by atoms with van der Waals surface area (Å²) in [4.78, 5) is 30.3. The van der Waals surface area contributed by atoms with Gasteiger partial charge >= 0.3 is 5.97 Å². The fraction of sp³-hybridized carbons (Fsp3) is 0. The summed E-state index contributed by atoms with van der Waals surface area (Å²) >= 11 is 9.03. The molecule has 0 fully saturated rings. The van der Waals surface area contributed by atoms with Gasteiger partial charge in [0.15, 0.2) is 0 Å². The van der Waals surface area contributed by atoms with E-state index in [0.717, 1.165) is 0 Å². The SMILES string of the molecule is O=C(O)c1cc(NC(=O)c2cc(Br)cnc2Cl)ccn1. The molecule has 0 saturated heterocycles. The minimum absolute atomic E-state index is 0.0539. The van der Waals surface area contributed by atoms with Crippen molar-refractivity contribution in [1.82, 2.24) is 9.97 Å². The van der Waals surface area contributed by atoms with Crippen molar-refractivity contribution >= 4 is 45.1 Å². The molecule has 2 aromatic rings. The molecule has 1 amide bonds. The van der Waals surface area contributed by atoms with E-state index in [1.165, 1.54) is 30.6 Å². The molecule has 0 aliphatic rings. The van der Waals surface area contributed by atoms with E-state index in [1.807, 2.05) is 0 Å². The molecule has 2 heterocycles. The fourth-order valence-corrected chi connectivity index (χ4v) is 1.93. The standard InChI is InChI=1S/C12H7BrClN3O3/c13-6-3-8(10(14)16-5-6)11(18)17-7-1-2-15-9(4-7)12(19)20/h1-5H,(H,19,20)(H,15,17,18). The van der Waals surface area contributed by atoms with E-state index >= 15 is 0 Å². The highest BCUT2D eigenvalue weighted by Crippen LogP contribution is 2.19. The molecule has 2 rings (SSSR count). The maximum absolute atomic E-state index is 12.0. The number of carboxylic acids is 1. The molecule has 8 heteroatoms. The molecular formula is C12H7BrClN3O3. The molecular weight excluding hydrogens is 350 g/mol. The number of pyridine rings is 2. The van der Waals surface area contributed by atoms with Crippen LogP contribution in [0.2, 0.25) is 5.15 Å². The summed E-state index contributed by atoms with van der Waals surface area (Å²) in [5.41, 5.74) is 0.314. The van der Waals surface area contributed by atoms with Crippen LogP contribution in [0.4, 0.5) is 5.69 Å². The molecule has 2 N–H and O–H groups in total. The largest absolute Gasteiger partial charge is 0.477 e. The lowest BCUT2D eigenvalue weighted by atomic mass is 10.2. The molecule has 6 nitrogen and oxygen atoms in total. The highest BCUT2D eigenvalue weighted by molar-refractivity contribution is 9.10. The van der Waals surface area contributed by atoms with Crippen LogP contribution in [0.15, 0.2) is 35.1 Å². The first-order valence-electron chi connectivity index (χ1n) is 5.29. The van der Waals surface area contributed by atoms with Gasteiger partial charge in [-0.15, -0.1) is 0 Å². The van der Waals surface area contributed by atoms with Crippen LogP contribution in [0, 0.1) is 0 Å². The molecule has 20 heavy (non-hydrogen) atoms. The third-order valence-electron chi connectivity index (χ3n) is 2.29. The lowest BCUT2D eigenvalue weighted by molar-refractivity contribution is 0.0690. The van der Waals surface area contributed by atoms with Crippen molar-refractivity contribution in [2.75, 3.05) is 5.32 Å². The maximum Gasteiger partial charge on any atom is 0.354 e. The van der Waals surface area contributed by atoms with Gasteiger partial charge in [-0.3, -0.25) is 4.79 Å². The summed E-state index contributed by atoms with van der Waals surface area (Å²) in [6.45, 7) is 0. The number of amides is 1. The highest BCUT2D eigenvalue weighted by atomic mass is 79.9. The molecule has 0 unspecified atom stereocenters. The van der Waals surface area contributed by atoms with E-state index in [0.29, 0.717) is 10.2 Å². The number of anilines is 1. The molecule has 0 aliphatic heterocycles. The van der Waals surface area contributed by atoms with Gasteiger partial charge in [0.05, 0.1) is 5.56 Å². The second-order valence-electron chi connectivity index (χ2n) is 3.68. The predicted octanol–water partition coefficient (Wildman–Crippen LogP) is 2.84. The number of aromatic carboxylic acids is 1. The smallest absolute Gasteiger partial charge is 0.354 e. The minimum Gasteiger partial charge on any atom is -0.477 e. The Balaban J connectivity index is 2.25. The zero-order valence-corrected chi connectivity index (χ0v) is 12.1. The van der Waals surface area contributed by atoms with E-state index in [9.17, 15) is 9.59 Å². The van der Waals surface area contributed by atoms with Gasteiger partial charge in [-0.2, -0.15) is 0 Å². The van der Waals surface area contributed by atoms with Crippen molar-refractivity contribution in [2.24, 2.45) is 0 Å². The second kappa shape index (κ2) is 5.98. The Hall–Kier alpha value is -1.99. The third kappa shape index (κ3) is 3.31. The molecule has 0 atom stereocenters. The van der Waals surface area contributed by atoms with Crippen LogP contribution in [0.3, 0.4) is 0 Å². The average molecular weight is 357 g/mol. The Morgan fingerprint density at radius 2 is 2.05 bits per heavy atom. The summed E-state index contributed by atoms with van der Waals surface area (Å²) < 4.78 is 0.605. The van der Waals surface area contributed by atoms with Gasteiger partial charge in [0, 0.05) is 22.6 Å². The van der Waals surface area contributed by atoms with Crippen LogP contribution in [0.1, 0.15) is 20.8 Å². The Morgan fingerprint density at radius 1 is 1.30 bits per heavy atom. The van der Waals surface area contributed by atoms with Crippen LogP contribution in [-0.2, 0) is 0 Å². The Labute approximate surface area is 126 Å². The van der Waals surface area contributed by atoms with Crippen molar-refractivity contribution in [3.63, 3.8) is 0 Å². The van der Waals surface area contributed by atoms with Crippen LogP contribution in [0.5, 0.6) is 0 Å². The molecule has 0 radical (unpaired) electrons. The van der Waals surface area contributed by atoms with Gasteiger partial charge in [0.1, 0.15) is 10.8 Å². The van der Waals surface area contributed by atoms with Crippen molar-refractivity contribution in [3.8, 4) is 0 Å². The zero-order chi connectivity index (χ0) is 14.7. The first-order chi connectivity index (χ1) is 9.47. The Bertz CT molecular complexity index is 693. The van der Waals surface area contributed by atoms with E-state index in [4.69, 9.17) is 16.7 Å². The minimum atomic E-state index is -1.18. The molecule has 0 aliphatic carbocycles. The first kappa shape index (κ1) is 14.4. The van der Waals surface area contributed by atoms with E-state index in [2.05, 4.69) is 31.2 Å². The van der Waals surface area contributed by atoms with E-state index < -0.39 is 11.9 Å². The molecule has 0 spiro atoms. The highest BCUT2D eigenvalue weighted by Gasteiger charge is 2.13.